The van der Waals surface area contributed by atoms with Crippen LogP contribution in [-0.4, -0.2) is 39.1 Å². The van der Waals surface area contributed by atoms with Gasteiger partial charge in [-0.3, -0.25) is 9.59 Å². The highest BCUT2D eigenvalue weighted by Gasteiger charge is 2.16. The number of benzene rings is 1. The fourth-order valence-electron chi connectivity index (χ4n) is 1.65. The third kappa shape index (κ3) is 4.15. The van der Waals surface area contributed by atoms with Gasteiger partial charge in [-0.05, 0) is 18.6 Å². The number of methoxy groups -OCH3 is 2. The van der Waals surface area contributed by atoms with Crippen molar-refractivity contribution in [2.75, 3.05) is 27.3 Å². The van der Waals surface area contributed by atoms with Crippen LogP contribution in [0.2, 0.25) is 0 Å². The predicted molar refractivity (Wildman–Crippen MR) is 75.2 cm³/mol. The van der Waals surface area contributed by atoms with Crippen molar-refractivity contribution in [1.29, 1.82) is 0 Å². The molecule has 0 atom stereocenters. The summed E-state index contributed by atoms with van der Waals surface area (Å²) in [6.07, 6.45) is 0.851. The van der Waals surface area contributed by atoms with E-state index in [-0.39, 0.29) is 18.4 Å². The van der Waals surface area contributed by atoms with Crippen molar-refractivity contribution in [3.63, 3.8) is 0 Å². The van der Waals surface area contributed by atoms with E-state index >= 15 is 0 Å². The van der Waals surface area contributed by atoms with Gasteiger partial charge in [-0.15, -0.1) is 0 Å². The maximum atomic E-state index is 12.0. The van der Waals surface area contributed by atoms with Gasteiger partial charge >= 0.3 is 0 Å². The van der Waals surface area contributed by atoms with E-state index in [9.17, 15) is 9.59 Å². The standard InChI is InChI=1S/C14H20N2O4/c1-4-8-15-12(17)9-16-14(18)10-6-5-7-11(19-2)13(10)20-3/h5-7H,4,8-9H2,1-3H3,(H,15,17)(H,16,18). The maximum Gasteiger partial charge on any atom is 0.255 e. The quantitative estimate of drug-likeness (QED) is 0.780. The number of rotatable bonds is 7. The first kappa shape index (κ1) is 15.8. The summed E-state index contributed by atoms with van der Waals surface area (Å²) in [4.78, 5) is 23.5. The largest absolute Gasteiger partial charge is 0.493 e. The SMILES string of the molecule is CCCNC(=O)CNC(=O)c1cccc(OC)c1OC. The molecule has 1 aromatic carbocycles. The van der Waals surface area contributed by atoms with Crippen molar-refractivity contribution in [1.82, 2.24) is 10.6 Å². The van der Waals surface area contributed by atoms with Crippen molar-refractivity contribution in [3.05, 3.63) is 23.8 Å². The predicted octanol–water partition coefficient (Wildman–Crippen LogP) is 0.960. The molecule has 2 amide bonds. The van der Waals surface area contributed by atoms with Gasteiger partial charge in [0.1, 0.15) is 0 Å². The van der Waals surface area contributed by atoms with Gasteiger partial charge in [-0.25, -0.2) is 0 Å². The number of para-hydroxylation sites is 1. The first-order valence-electron chi connectivity index (χ1n) is 6.39. The maximum absolute atomic E-state index is 12.0. The number of nitrogens with one attached hydrogen (secondary N) is 2. The molecule has 0 aliphatic heterocycles. The van der Waals surface area contributed by atoms with Gasteiger partial charge in [-0.2, -0.15) is 0 Å². The van der Waals surface area contributed by atoms with E-state index < -0.39 is 0 Å². The minimum Gasteiger partial charge on any atom is -0.493 e. The van der Waals surface area contributed by atoms with Crippen LogP contribution in [0.5, 0.6) is 11.5 Å². The van der Waals surface area contributed by atoms with E-state index in [0.717, 1.165) is 6.42 Å². The van der Waals surface area contributed by atoms with E-state index in [1.165, 1.54) is 14.2 Å². The van der Waals surface area contributed by atoms with Gasteiger partial charge in [0.2, 0.25) is 5.91 Å². The average Bonchev–Trinajstić information content (AvgIpc) is 2.49. The number of carbonyl (C=O) groups excluding carboxylic acids is 2. The van der Waals surface area contributed by atoms with Gasteiger partial charge in [0.05, 0.1) is 26.3 Å². The van der Waals surface area contributed by atoms with E-state index in [0.29, 0.717) is 23.6 Å². The molecule has 0 radical (unpaired) electrons. The van der Waals surface area contributed by atoms with Gasteiger partial charge in [0, 0.05) is 6.54 Å². The number of ether oxygens (including phenoxy) is 2. The summed E-state index contributed by atoms with van der Waals surface area (Å²) in [6, 6.07) is 5.00. The Morgan fingerprint density at radius 1 is 1.15 bits per heavy atom. The number of hydrogen-bond donors (Lipinski definition) is 2. The van der Waals surface area contributed by atoms with E-state index in [1.54, 1.807) is 18.2 Å². The Kier molecular flexibility index (Phi) is 6.36. The molecular formula is C14H20N2O4. The van der Waals surface area contributed by atoms with Crippen molar-refractivity contribution < 1.29 is 19.1 Å². The molecule has 2 N–H and O–H groups in total. The summed E-state index contributed by atoms with van der Waals surface area (Å²) in [6.45, 7) is 2.48. The van der Waals surface area contributed by atoms with Crippen LogP contribution in [0.25, 0.3) is 0 Å². The molecule has 20 heavy (non-hydrogen) atoms. The lowest BCUT2D eigenvalue weighted by Crippen LogP contribution is -2.37. The zero-order chi connectivity index (χ0) is 15.0. The highest BCUT2D eigenvalue weighted by molar-refractivity contribution is 5.99. The summed E-state index contributed by atoms with van der Waals surface area (Å²) in [7, 11) is 2.96. The second-order valence-electron chi connectivity index (χ2n) is 4.07. The Bertz CT molecular complexity index is 474. The Labute approximate surface area is 118 Å². The first-order valence-corrected chi connectivity index (χ1v) is 6.39. The summed E-state index contributed by atoms with van der Waals surface area (Å²) in [5.41, 5.74) is 0.329. The molecule has 0 saturated carbocycles. The number of carbonyl (C=O) groups is 2. The molecule has 0 aliphatic rings. The fourth-order valence-corrected chi connectivity index (χ4v) is 1.65. The molecule has 0 aromatic heterocycles. The topological polar surface area (TPSA) is 76.7 Å². The molecule has 0 heterocycles. The Morgan fingerprint density at radius 3 is 2.50 bits per heavy atom. The van der Waals surface area contributed by atoms with Crippen LogP contribution in [0.4, 0.5) is 0 Å². The van der Waals surface area contributed by atoms with Crippen LogP contribution in [0.15, 0.2) is 18.2 Å². The van der Waals surface area contributed by atoms with Gasteiger partial charge in [-0.1, -0.05) is 13.0 Å². The van der Waals surface area contributed by atoms with Crippen molar-refractivity contribution in [2.24, 2.45) is 0 Å². The van der Waals surface area contributed by atoms with Crippen LogP contribution < -0.4 is 20.1 Å². The number of amides is 2. The van der Waals surface area contributed by atoms with Crippen molar-refractivity contribution >= 4 is 11.8 Å². The van der Waals surface area contributed by atoms with Gasteiger partial charge in [0.15, 0.2) is 11.5 Å². The summed E-state index contributed by atoms with van der Waals surface area (Å²) >= 11 is 0. The molecule has 0 aliphatic carbocycles. The molecule has 0 bridgehead atoms. The molecule has 0 spiro atoms. The Morgan fingerprint density at radius 2 is 1.90 bits per heavy atom. The fraction of sp³-hybridized carbons (Fsp3) is 0.429. The second kappa shape index (κ2) is 8.04. The third-order valence-corrected chi connectivity index (χ3v) is 2.63. The average molecular weight is 280 g/mol. The summed E-state index contributed by atoms with van der Waals surface area (Å²) < 4.78 is 10.3. The zero-order valence-electron chi connectivity index (χ0n) is 12.0. The lowest BCUT2D eigenvalue weighted by molar-refractivity contribution is -0.120. The Balaban J connectivity index is 2.70. The van der Waals surface area contributed by atoms with Crippen LogP contribution in [0.3, 0.4) is 0 Å². The van der Waals surface area contributed by atoms with Gasteiger partial charge in [0.25, 0.3) is 5.91 Å². The molecule has 1 aromatic rings. The lowest BCUT2D eigenvalue weighted by atomic mass is 10.1. The smallest absolute Gasteiger partial charge is 0.255 e. The minimum absolute atomic E-state index is 0.0702. The third-order valence-electron chi connectivity index (χ3n) is 2.63. The Hall–Kier alpha value is -2.24. The first-order chi connectivity index (χ1) is 9.63. The highest BCUT2D eigenvalue weighted by atomic mass is 16.5. The molecular weight excluding hydrogens is 260 g/mol. The van der Waals surface area contributed by atoms with E-state index in [2.05, 4.69) is 10.6 Å². The van der Waals surface area contributed by atoms with Gasteiger partial charge < -0.3 is 20.1 Å². The van der Waals surface area contributed by atoms with Crippen LogP contribution in [0, 0.1) is 0 Å². The number of hydrogen-bond acceptors (Lipinski definition) is 4. The minimum atomic E-state index is -0.382. The molecule has 6 nitrogen and oxygen atoms in total. The van der Waals surface area contributed by atoms with Crippen molar-refractivity contribution in [2.45, 2.75) is 13.3 Å². The normalized spacial score (nSPS) is 9.75. The molecule has 6 heteroatoms. The molecule has 0 saturated heterocycles. The van der Waals surface area contributed by atoms with E-state index in [4.69, 9.17) is 9.47 Å². The second-order valence-corrected chi connectivity index (χ2v) is 4.07. The highest BCUT2D eigenvalue weighted by Crippen LogP contribution is 2.30. The summed E-state index contributed by atoms with van der Waals surface area (Å²) in [5.74, 6) is 0.214. The van der Waals surface area contributed by atoms with E-state index in [1.807, 2.05) is 6.92 Å². The van der Waals surface area contributed by atoms with Crippen LogP contribution >= 0.6 is 0 Å². The van der Waals surface area contributed by atoms with Crippen LogP contribution in [-0.2, 0) is 4.79 Å². The zero-order valence-corrected chi connectivity index (χ0v) is 12.0. The monoisotopic (exact) mass is 280 g/mol. The molecule has 110 valence electrons. The summed E-state index contributed by atoms with van der Waals surface area (Å²) in [5, 5.41) is 5.23. The molecule has 1 rings (SSSR count). The lowest BCUT2D eigenvalue weighted by Gasteiger charge is -2.12. The molecule has 0 fully saturated rings. The van der Waals surface area contributed by atoms with Crippen LogP contribution in [0.1, 0.15) is 23.7 Å². The molecule has 0 unspecified atom stereocenters. The van der Waals surface area contributed by atoms with Crippen molar-refractivity contribution in [3.8, 4) is 11.5 Å².